The van der Waals surface area contributed by atoms with Crippen LogP contribution in [0.3, 0.4) is 0 Å². The van der Waals surface area contributed by atoms with Crippen LogP contribution in [0.25, 0.3) is 0 Å². The van der Waals surface area contributed by atoms with E-state index in [0.29, 0.717) is 17.1 Å². The zero-order valence-electron chi connectivity index (χ0n) is 17.7. The molecule has 7 nitrogen and oxygen atoms in total. The molecular formula is C21H27FN2O5S. The third-order valence-electron chi connectivity index (χ3n) is 4.68. The maximum absolute atomic E-state index is 14.4. The van der Waals surface area contributed by atoms with Crippen LogP contribution in [-0.2, 0) is 14.8 Å². The Kier molecular flexibility index (Phi) is 7.66. The number of nitrogens with zero attached hydrogens (tertiary/aromatic N) is 1. The molecule has 9 heteroatoms. The minimum absolute atomic E-state index is 0.148. The second-order valence-corrected chi connectivity index (χ2v) is 8.63. The molecule has 0 spiro atoms. The molecule has 0 heterocycles. The van der Waals surface area contributed by atoms with Gasteiger partial charge in [0.15, 0.2) is 0 Å². The predicted octanol–water partition coefficient (Wildman–Crippen LogP) is 3.26. The van der Waals surface area contributed by atoms with Gasteiger partial charge in [-0.05, 0) is 43.7 Å². The average Bonchev–Trinajstić information content (AvgIpc) is 2.71. The van der Waals surface area contributed by atoms with Crippen molar-refractivity contribution in [1.82, 2.24) is 5.32 Å². The number of amides is 1. The van der Waals surface area contributed by atoms with Crippen molar-refractivity contribution in [2.45, 2.75) is 32.4 Å². The third kappa shape index (κ3) is 5.21. The molecule has 0 unspecified atom stereocenters. The van der Waals surface area contributed by atoms with Crippen LogP contribution in [-0.4, -0.2) is 40.8 Å². The first-order valence-corrected chi connectivity index (χ1v) is 11.2. The van der Waals surface area contributed by atoms with Gasteiger partial charge in [-0.3, -0.25) is 9.10 Å². The van der Waals surface area contributed by atoms with E-state index in [1.807, 2.05) is 0 Å². The van der Waals surface area contributed by atoms with Gasteiger partial charge in [0.05, 0.1) is 32.2 Å². The van der Waals surface area contributed by atoms with E-state index < -0.39 is 33.8 Å². The lowest BCUT2D eigenvalue weighted by molar-refractivity contribution is -0.122. The summed E-state index contributed by atoms with van der Waals surface area (Å²) in [6, 6.07) is 9.00. The Hall–Kier alpha value is -2.81. The molecule has 0 aliphatic heterocycles. The first kappa shape index (κ1) is 23.5. The van der Waals surface area contributed by atoms with E-state index in [1.165, 1.54) is 32.4 Å². The molecule has 0 fully saturated rings. The molecule has 1 N–H and O–H groups in total. The summed E-state index contributed by atoms with van der Waals surface area (Å²) in [5.41, 5.74) is 0.491. The largest absolute Gasteiger partial charge is 0.497 e. The van der Waals surface area contributed by atoms with Crippen LogP contribution in [0.5, 0.6) is 11.5 Å². The second-order valence-electron chi connectivity index (χ2n) is 6.77. The summed E-state index contributed by atoms with van der Waals surface area (Å²) in [6.45, 7) is 3.41. The SMILES string of the molecule is CC[C@H](C(=O)N[C@H](C)c1cc(OC)ccc1OC)N(c1ccccc1F)S(C)(=O)=O. The number of ether oxygens (including phenoxy) is 2. The molecule has 1 amide bonds. The number of sulfonamides is 1. The van der Waals surface area contributed by atoms with Crippen molar-refractivity contribution < 1.29 is 27.1 Å². The van der Waals surface area contributed by atoms with Gasteiger partial charge in [-0.15, -0.1) is 0 Å². The van der Waals surface area contributed by atoms with Crippen LogP contribution in [0.4, 0.5) is 10.1 Å². The van der Waals surface area contributed by atoms with Crippen LogP contribution in [0.1, 0.15) is 31.9 Å². The van der Waals surface area contributed by atoms with Crippen molar-refractivity contribution in [3.63, 3.8) is 0 Å². The number of hydrogen-bond donors (Lipinski definition) is 1. The molecule has 2 rings (SSSR count). The number of halogens is 1. The van der Waals surface area contributed by atoms with Crippen molar-refractivity contribution in [1.29, 1.82) is 0 Å². The number of carbonyl (C=O) groups excluding carboxylic acids is 1. The quantitative estimate of drug-likeness (QED) is 0.650. The number of para-hydroxylation sites is 1. The molecule has 0 saturated carbocycles. The number of anilines is 1. The van der Waals surface area contributed by atoms with Crippen LogP contribution in [0.2, 0.25) is 0 Å². The highest BCUT2D eigenvalue weighted by Crippen LogP contribution is 2.30. The van der Waals surface area contributed by atoms with E-state index in [2.05, 4.69) is 5.32 Å². The second kappa shape index (κ2) is 9.80. The maximum atomic E-state index is 14.4. The predicted molar refractivity (Wildman–Crippen MR) is 114 cm³/mol. The average molecular weight is 439 g/mol. The monoisotopic (exact) mass is 438 g/mol. The lowest BCUT2D eigenvalue weighted by Gasteiger charge is -2.31. The van der Waals surface area contributed by atoms with Crippen LogP contribution < -0.4 is 19.1 Å². The van der Waals surface area contributed by atoms with Gasteiger partial charge >= 0.3 is 0 Å². The zero-order chi connectivity index (χ0) is 22.5. The Balaban J connectivity index is 2.38. The Bertz CT molecular complexity index is 997. The Labute approximate surface area is 176 Å². The molecule has 164 valence electrons. The fourth-order valence-corrected chi connectivity index (χ4v) is 4.44. The van der Waals surface area contributed by atoms with Gasteiger partial charge < -0.3 is 14.8 Å². The molecule has 0 bridgehead atoms. The number of carbonyl (C=O) groups is 1. The number of hydrogen-bond acceptors (Lipinski definition) is 5. The molecule has 0 saturated heterocycles. The summed E-state index contributed by atoms with van der Waals surface area (Å²) in [5.74, 6) is -0.144. The van der Waals surface area contributed by atoms with Gasteiger partial charge in [0.1, 0.15) is 23.4 Å². The molecule has 2 aromatic rings. The third-order valence-corrected chi connectivity index (χ3v) is 5.85. The smallest absolute Gasteiger partial charge is 0.244 e. The molecule has 2 aromatic carbocycles. The van der Waals surface area contributed by atoms with Gasteiger partial charge in [-0.25, -0.2) is 12.8 Å². The van der Waals surface area contributed by atoms with Crippen molar-refractivity contribution in [3.05, 3.63) is 53.8 Å². The first-order valence-electron chi connectivity index (χ1n) is 9.40. The Morgan fingerprint density at radius 1 is 1.17 bits per heavy atom. The van der Waals surface area contributed by atoms with Crippen molar-refractivity contribution in [3.8, 4) is 11.5 Å². The molecule has 30 heavy (non-hydrogen) atoms. The molecule has 0 aliphatic carbocycles. The van der Waals surface area contributed by atoms with Crippen molar-refractivity contribution in [2.24, 2.45) is 0 Å². The normalized spacial score (nSPS) is 13.3. The highest BCUT2D eigenvalue weighted by molar-refractivity contribution is 7.92. The lowest BCUT2D eigenvalue weighted by Crippen LogP contribution is -2.50. The van der Waals surface area contributed by atoms with Gasteiger partial charge in [-0.2, -0.15) is 0 Å². The summed E-state index contributed by atoms with van der Waals surface area (Å²) in [7, 11) is -0.893. The topological polar surface area (TPSA) is 84.9 Å². The van der Waals surface area contributed by atoms with Crippen LogP contribution >= 0.6 is 0 Å². The van der Waals surface area contributed by atoms with E-state index in [0.717, 1.165) is 16.6 Å². The molecule has 0 radical (unpaired) electrons. The molecule has 0 aromatic heterocycles. The highest BCUT2D eigenvalue weighted by Gasteiger charge is 2.34. The highest BCUT2D eigenvalue weighted by atomic mass is 32.2. The molecular weight excluding hydrogens is 411 g/mol. The fraction of sp³-hybridized carbons (Fsp3) is 0.381. The standard InChI is InChI=1S/C21H27FN2O5S/c1-6-18(24(30(5,26)27)19-10-8-7-9-17(19)22)21(25)23-14(2)16-13-15(28-3)11-12-20(16)29-4/h7-14,18H,6H2,1-5H3,(H,23,25)/t14-,18-/m1/s1. The van der Waals surface area contributed by atoms with Crippen LogP contribution in [0, 0.1) is 5.82 Å². The summed E-state index contributed by atoms with van der Waals surface area (Å²) in [5, 5.41) is 2.81. The van der Waals surface area contributed by atoms with Crippen LogP contribution in [0.15, 0.2) is 42.5 Å². The molecule has 2 atom stereocenters. The summed E-state index contributed by atoms with van der Waals surface area (Å²) >= 11 is 0. The van der Waals surface area contributed by atoms with E-state index in [-0.39, 0.29) is 12.1 Å². The first-order chi connectivity index (χ1) is 14.1. The lowest BCUT2D eigenvalue weighted by atomic mass is 10.1. The summed E-state index contributed by atoms with van der Waals surface area (Å²) < 4.78 is 50.7. The van der Waals surface area contributed by atoms with Gasteiger partial charge in [0.2, 0.25) is 15.9 Å². The summed E-state index contributed by atoms with van der Waals surface area (Å²) in [6.07, 6.45) is 1.10. The van der Waals surface area contributed by atoms with Crippen molar-refractivity contribution >= 4 is 21.6 Å². The Morgan fingerprint density at radius 2 is 1.83 bits per heavy atom. The number of benzene rings is 2. The maximum Gasteiger partial charge on any atom is 0.244 e. The minimum atomic E-state index is -3.93. The minimum Gasteiger partial charge on any atom is -0.497 e. The van der Waals surface area contributed by atoms with Gasteiger partial charge in [0, 0.05) is 5.56 Å². The number of methoxy groups -OCH3 is 2. The van der Waals surface area contributed by atoms with E-state index in [9.17, 15) is 17.6 Å². The van der Waals surface area contributed by atoms with E-state index in [1.54, 1.807) is 32.0 Å². The fourth-order valence-electron chi connectivity index (χ4n) is 3.23. The molecule has 0 aliphatic rings. The van der Waals surface area contributed by atoms with Gasteiger partial charge in [0.25, 0.3) is 0 Å². The summed E-state index contributed by atoms with van der Waals surface area (Å²) in [4.78, 5) is 13.1. The van der Waals surface area contributed by atoms with Gasteiger partial charge in [-0.1, -0.05) is 19.1 Å². The van der Waals surface area contributed by atoms with Crippen molar-refractivity contribution in [2.75, 3.05) is 24.8 Å². The Morgan fingerprint density at radius 3 is 2.37 bits per heavy atom. The number of nitrogens with one attached hydrogen (secondary N) is 1. The van der Waals surface area contributed by atoms with E-state index >= 15 is 0 Å². The van der Waals surface area contributed by atoms with E-state index in [4.69, 9.17) is 9.47 Å². The number of rotatable bonds is 9. The zero-order valence-corrected chi connectivity index (χ0v) is 18.5.